The smallest absolute Gasteiger partial charge is 0.194 e. The predicted octanol–water partition coefficient (Wildman–Crippen LogP) is 2.78. The van der Waals surface area contributed by atoms with Crippen LogP contribution < -0.4 is 10.1 Å². The van der Waals surface area contributed by atoms with Gasteiger partial charge in [-0.05, 0) is 36.8 Å². The van der Waals surface area contributed by atoms with Crippen LogP contribution in [0.3, 0.4) is 0 Å². The molecule has 0 aliphatic heterocycles. The fraction of sp³-hybridized carbons (Fsp3) is 0.421. The summed E-state index contributed by atoms with van der Waals surface area (Å²) in [5, 5.41) is 13.7. The molecule has 0 aliphatic rings. The lowest BCUT2D eigenvalue weighted by atomic mass is 10.1. The first kappa shape index (κ1) is 22.3. The lowest BCUT2D eigenvalue weighted by Crippen LogP contribution is -2.39. The summed E-state index contributed by atoms with van der Waals surface area (Å²) in [4.78, 5) is 6.64. The zero-order chi connectivity index (χ0) is 18.2. The molecule has 2 rings (SSSR count). The zero-order valence-corrected chi connectivity index (χ0v) is 18.2. The van der Waals surface area contributed by atoms with Crippen molar-refractivity contribution >= 4 is 29.9 Å². The van der Waals surface area contributed by atoms with E-state index < -0.39 is 6.10 Å². The monoisotopic (exact) mass is 472 g/mol. The van der Waals surface area contributed by atoms with Crippen LogP contribution in [0.1, 0.15) is 24.3 Å². The number of nitrogens with one attached hydrogen (secondary N) is 1. The molecule has 1 atom stereocenters. The van der Waals surface area contributed by atoms with Gasteiger partial charge in [0.15, 0.2) is 5.96 Å². The molecular formula is C19H29IN4O2. The number of guanidine groups is 1. The molecule has 7 heteroatoms. The number of halogens is 1. The van der Waals surface area contributed by atoms with Gasteiger partial charge in [-0.25, -0.2) is 0 Å². The molecule has 2 N–H and O–H groups in total. The molecule has 1 heterocycles. The van der Waals surface area contributed by atoms with Gasteiger partial charge in [0, 0.05) is 32.5 Å². The third-order valence-electron chi connectivity index (χ3n) is 4.06. The molecule has 0 bridgehead atoms. The number of benzene rings is 1. The molecule has 1 aromatic carbocycles. The average molecular weight is 472 g/mol. The van der Waals surface area contributed by atoms with Gasteiger partial charge in [0.2, 0.25) is 0 Å². The highest BCUT2D eigenvalue weighted by molar-refractivity contribution is 14.0. The molecule has 0 aliphatic carbocycles. The number of aliphatic hydroxyl groups excluding tert-OH is 1. The third-order valence-corrected chi connectivity index (χ3v) is 4.06. The molecule has 6 nitrogen and oxygen atoms in total. The maximum Gasteiger partial charge on any atom is 0.194 e. The second-order valence-corrected chi connectivity index (χ2v) is 5.95. The van der Waals surface area contributed by atoms with Gasteiger partial charge in [-0.1, -0.05) is 12.1 Å². The topological polar surface area (TPSA) is 62.0 Å². The predicted molar refractivity (Wildman–Crippen MR) is 116 cm³/mol. The van der Waals surface area contributed by atoms with Gasteiger partial charge >= 0.3 is 0 Å². The Balaban J connectivity index is 0.00000338. The molecule has 144 valence electrons. The standard InChI is InChI=1S/C19H28N4O2.HI/c1-5-20-19(23(3)14-16-7-6-12-22(16)2)21-13-18(24)15-8-10-17(25-4)11-9-15;/h6-12,18,24H,5,13-14H2,1-4H3,(H,20,21);1H. The van der Waals surface area contributed by atoms with E-state index >= 15 is 0 Å². The largest absolute Gasteiger partial charge is 0.497 e. The number of nitrogens with zero attached hydrogens (tertiary/aromatic N) is 3. The molecule has 0 saturated carbocycles. The molecule has 1 unspecified atom stereocenters. The van der Waals surface area contributed by atoms with E-state index in [1.54, 1.807) is 7.11 Å². The molecule has 0 fully saturated rings. The van der Waals surface area contributed by atoms with Crippen molar-refractivity contribution in [2.75, 3.05) is 27.2 Å². The Morgan fingerprint density at radius 3 is 2.54 bits per heavy atom. The van der Waals surface area contributed by atoms with E-state index in [4.69, 9.17) is 4.74 Å². The third kappa shape index (κ3) is 6.21. The van der Waals surface area contributed by atoms with Crippen molar-refractivity contribution in [3.63, 3.8) is 0 Å². The minimum Gasteiger partial charge on any atom is -0.497 e. The minimum absolute atomic E-state index is 0. The molecule has 0 radical (unpaired) electrons. The highest BCUT2D eigenvalue weighted by atomic mass is 127. The summed E-state index contributed by atoms with van der Waals surface area (Å²) < 4.78 is 7.23. The van der Waals surface area contributed by atoms with Gasteiger partial charge in [-0.15, -0.1) is 24.0 Å². The number of hydrogen-bond acceptors (Lipinski definition) is 3. The number of aromatic nitrogens is 1. The Bertz CT molecular complexity index is 685. The van der Waals surface area contributed by atoms with Crippen molar-refractivity contribution in [3.05, 3.63) is 53.9 Å². The second-order valence-electron chi connectivity index (χ2n) is 5.95. The summed E-state index contributed by atoms with van der Waals surface area (Å²) in [5.41, 5.74) is 2.02. The van der Waals surface area contributed by atoms with Crippen LogP contribution in [0.5, 0.6) is 5.75 Å². The van der Waals surface area contributed by atoms with E-state index in [1.807, 2.05) is 57.5 Å². The highest BCUT2D eigenvalue weighted by Crippen LogP contribution is 2.18. The van der Waals surface area contributed by atoms with Crippen LogP contribution in [0.2, 0.25) is 0 Å². The quantitative estimate of drug-likeness (QED) is 0.370. The first-order chi connectivity index (χ1) is 12.0. The van der Waals surface area contributed by atoms with E-state index in [0.717, 1.165) is 30.4 Å². The molecule has 2 aromatic rings. The molecule has 0 amide bonds. The molecule has 1 aromatic heterocycles. The number of methoxy groups -OCH3 is 1. The SMILES string of the molecule is CCNC(=NCC(O)c1ccc(OC)cc1)N(C)Cc1cccn1C.I. The lowest BCUT2D eigenvalue weighted by Gasteiger charge is -2.23. The average Bonchev–Trinajstić information content (AvgIpc) is 3.03. The highest BCUT2D eigenvalue weighted by Gasteiger charge is 2.11. The first-order valence-electron chi connectivity index (χ1n) is 8.46. The number of aryl methyl sites for hydroxylation is 1. The summed E-state index contributed by atoms with van der Waals surface area (Å²) >= 11 is 0. The van der Waals surface area contributed by atoms with Gasteiger partial charge in [0.25, 0.3) is 0 Å². The fourth-order valence-corrected chi connectivity index (χ4v) is 2.55. The Morgan fingerprint density at radius 2 is 2.00 bits per heavy atom. The van der Waals surface area contributed by atoms with Gasteiger partial charge in [0.1, 0.15) is 5.75 Å². The van der Waals surface area contributed by atoms with E-state index in [2.05, 4.69) is 25.8 Å². The summed E-state index contributed by atoms with van der Waals surface area (Å²) in [6, 6.07) is 11.5. The van der Waals surface area contributed by atoms with E-state index in [9.17, 15) is 5.11 Å². The van der Waals surface area contributed by atoms with Gasteiger partial charge < -0.3 is 24.6 Å². The normalized spacial score (nSPS) is 12.3. The Kier molecular flexibility index (Phi) is 9.50. The van der Waals surface area contributed by atoms with E-state index in [-0.39, 0.29) is 24.0 Å². The van der Waals surface area contributed by atoms with Gasteiger partial charge in [-0.3, -0.25) is 4.99 Å². The van der Waals surface area contributed by atoms with Gasteiger partial charge in [0.05, 0.1) is 26.3 Å². The maximum atomic E-state index is 10.4. The van der Waals surface area contributed by atoms with E-state index in [0.29, 0.717) is 6.54 Å². The summed E-state index contributed by atoms with van der Waals surface area (Å²) in [6.45, 7) is 3.85. The Labute approximate surface area is 172 Å². The molecule has 26 heavy (non-hydrogen) atoms. The van der Waals surface area contributed by atoms with Crippen LogP contribution in [0.25, 0.3) is 0 Å². The van der Waals surface area contributed by atoms with Crippen molar-refractivity contribution in [2.24, 2.45) is 12.0 Å². The van der Waals surface area contributed by atoms with Crippen LogP contribution in [0.4, 0.5) is 0 Å². The second kappa shape index (κ2) is 11.1. The maximum absolute atomic E-state index is 10.4. The minimum atomic E-state index is -0.650. The van der Waals surface area contributed by atoms with Crippen molar-refractivity contribution < 1.29 is 9.84 Å². The van der Waals surface area contributed by atoms with Crippen LogP contribution in [-0.4, -0.2) is 47.8 Å². The van der Waals surface area contributed by atoms with Crippen molar-refractivity contribution in [1.82, 2.24) is 14.8 Å². The van der Waals surface area contributed by atoms with E-state index in [1.165, 1.54) is 5.69 Å². The number of aliphatic imine (C=N–C) groups is 1. The molecular weight excluding hydrogens is 443 g/mol. The van der Waals surface area contributed by atoms with Crippen molar-refractivity contribution in [3.8, 4) is 5.75 Å². The number of ether oxygens (including phenoxy) is 1. The Morgan fingerprint density at radius 1 is 1.31 bits per heavy atom. The van der Waals surface area contributed by atoms with Crippen LogP contribution in [0, 0.1) is 0 Å². The van der Waals surface area contributed by atoms with Crippen LogP contribution in [0.15, 0.2) is 47.6 Å². The van der Waals surface area contributed by atoms with Crippen molar-refractivity contribution in [1.29, 1.82) is 0 Å². The zero-order valence-electron chi connectivity index (χ0n) is 15.8. The fourth-order valence-electron chi connectivity index (χ4n) is 2.55. The van der Waals surface area contributed by atoms with Crippen LogP contribution >= 0.6 is 24.0 Å². The van der Waals surface area contributed by atoms with Crippen LogP contribution in [-0.2, 0) is 13.6 Å². The summed E-state index contributed by atoms with van der Waals surface area (Å²) in [5.74, 6) is 1.55. The number of hydrogen-bond donors (Lipinski definition) is 2. The Hall–Kier alpha value is -1.74. The first-order valence-corrected chi connectivity index (χ1v) is 8.46. The van der Waals surface area contributed by atoms with Gasteiger partial charge in [-0.2, -0.15) is 0 Å². The molecule has 0 spiro atoms. The summed E-state index contributed by atoms with van der Waals surface area (Å²) in [7, 11) is 5.65. The molecule has 0 saturated heterocycles. The summed E-state index contributed by atoms with van der Waals surface area (Å²) in [6.07, 6.45) is 1.38. The number of aliphatic hydroxyl groups is 1. The van der Waals surface area contributed by atoms with Crippen molar-refractivity contribution in [2.45, 2.75) is 19.6 Å². The lowest BCUT2D eigenvalue weighted by molar-refractivity contribution is 0.186. The number of rotatable bonds is 7.